The molecule has 150 valence electrons. The van der Waals surface area contributed by atoms with E-state index in [4.69, 9.17) is 4.74 Å². The SMILES string of the molecule is CCc1nc2n(n1)C(=O)C(C(c1cccc(OC)c1)N1CC(C)CC(C)C1)S2. The second-order valence-electron chi connectivity index (χ2n) is 8.07. The molecule has 0 spiro atoms. The highest BCUT2D eigenvalue weighted by Gasteiger charge is 2.44. The second kappa shape index (κ2) is 7.87. The van der Waals surface area contributed by atoms with Crippen molar-refractivity contribution < 1.29 is 9.53 Å². The summed E-state index contributed by atoms with van der Waals surface area (Å²) in [6.45, 7) is 8.59. The molecule has 28 heavy (non-hydrogen) atoms. The summed E-state index contributed by atoms with van der Waals surface area (Å²) in [5.41, 5.74) is 1.12. The molecule has 4 rings (SSSR count). The number of fused-ring (bicyclic) bond motifs is 1. The van der Waals surface area contributed by atoms with Gasteiger partial charge in [-0.05, 0) is 36.0 Å². The lowest BCUT2D eigenvalue weighted by molar-refractivity contribution is 0.0712. The second-order valence-corrected chi connectivity index (χ2v) is 9.18. The Morgan fingerprint density at radius 1 is 1.29 bits per heavy atom. The maximum absolute atomic E-state index is 13.3. The quantitative estimate of drug-likeness (QED) is 0.763. The van der Waals surface area contributed by atoms with E-state index in [1.54, 1.807) is 18.9 Å². The molecular weight excluding hydrogens is 372 g/mol. The summed E-state index contributed by atoms with van der Waals surface area (Å²) >= 11 is 1.55. The maximum atomic E-state index is 13.3. The Hall–Kier alpha value is -1.86. The van der Waals surface area contributed by atoms with Crippen LogP contribution in [0.4, 0.5) is 0 Å². The van der Waals surface area contributed by atoms with Crippen LogP contribution in [-0.2, 0) is 6.42 Å². The monoisotopic (exact) mass is 400 g/mol. The molecule has 2 aromatic rings. The fourth-order valence-electron chi connectivity index (χ4n) is 4.53. The van der Waals surface area contributed by atoms with Gasteiger partial charge < -0.3 is 4.74 Å². The molecule has 0 saturated carbocycles. The number of rotatable bonds is 5. The number of piperidine rings is 1. The Balaban J connectivity index is 1.71. The number of aryl methyl sites for hydroxylation is 1. The largest absolute Gasteiger partial charge is 0.497 e. The predicted octanol–water partition coefficient (Wildman–Crippen LogP) is 3.68. The van der Waals surface area contributed by atoms with Gasteiger partial charge in [0.05, 0.1) is 13.2 Å². The summed E-state index contributed by atoms with van der Waals surface area (Å²) in [7, 11) is 1.68. The van der Waals surface area contributed by atoms with Crippen molar-refractivity contribution in [3.63, 3.8) is 0 Å². The van der Waals surface area contributed by atoms with E-state index in [9.17, 15) is 4.79 Å². The van der Waals surface area contributed by atoms with Crippen LogP contribution in [0.3, 0.4) is 0 Å². The first-order valence-corrected chi connectivity index (χ1v) is 10.9. The normalized spacial score (nSPS) is 26.3. The Morgan fingerprint density at radius 3 is 2.68 bits per heavy atom. The van der Waals surface area contributed by atoms with Gasteiger partial charge in [0, 0.05) is 19.5 Å². The van der Waals surface area contributed by atoms with Crippen LogP contribution < -0.4 is 4.74 Å². The number of carbonyl (C=O) groups excluding carboxylic acids is 1. The number of hydrogen-bond acceptors (Lipinski definition) is 6. The number of likely N-dealkylation sites (tertiary alicyclic amines) is 1. The van der Waals surface area contributed by atoms with Gasteiger partial charge >= 0.3 is 0 Å². The van der Waals surface area contributed by atoms with Crippen molar-refractivity contribution in [1.29, 1.82) is 0 Å². The first-order valence-electron chi connectivity index (χ1n) is 10.0. The number of hydrogen-bond donors (Lipinski definition) is 0. The van der Waals surface area contributed by atoms with Gasteiger partial charge in [0.25, 0.3) is 5.91 Å². The van der Waals surface area contributed by atoms with Gasteiger partial charge in [-0.3, -0.25) is 9.69 Å². The van der Waals surface area contributed by atoms with Gasteiger partial charge in [0.1, 0.15) is 11.0 Å². The third kappa shape index (κ3) is 3.57. The summed E-state index contributed by atoms with van der Waals surface area (Å²) < 4.78 is 6.97. The summed E-state index contributed by atoms with van der Waals surface area (Å²) in [5.74, 6) is 2.80. The van der Waals surface area contributed by atoms with E-state index in [1.165, 1.54) is 11.1 Å². The van der Waals surface area contributed by atoms with Crippen molar-refractivity contribution in [1.82, 2.24) is 19.7 Å². The molecule has 1 saturated heterocycles. The Labute approximate surface area is 170 Å². The summed E-state index contributed by atoms with van der Waals surface area (Å²) in [6, 6.07) is 8.11. The molecule has 2 aliphatic rings. The number of methoxy groups -OCH3 is 1. The third-order valence-electron chi connectivity index (χ3n) is 5.63. The molecule has 1 aromatic heterocycles. The van der Waals surface area contributed by atoms with Crippen LogP contribution in [0.2, 0.25) is 0 Å². The van der Waals surface area contributed by atoms with E-state index < -0.39 is 0 Å². The maximum Gasteiger partial charge on any atom is 0.264 e. The molecular formula is C21H28N4O2S. The van der Waals surface area contributed by atoms with Crippen LogP contribution in [-0.4, -0.2) is 51.0 Å². The van der Waals surface area contributed by atoms with Gasteiger partial charge in [0.15, 0.2) is 11.0 Å². The Kier molecular flexibility index (Phi) is 5.47. The molecule has 1 fully saturated rings. The van der Waals surface area contributed by atoms with Crippen molar-refractivity contribution >= 4 is 17.7 Å². The molecule has 1 aromatic carbocycles. The average molecular weight is 401 g/mol. The zero-order valence-electron chi connectivity index (χ0n) is 17.0. The molecule has 3 heterocycles. The van der Waals surface area contributed by atoms with Crippen LogP contribution in [0, 0.1) is 11.8 Å². The van der Waals surface area contributed by atoms with E-state index in [2.05, 4.69) is 41.0 Å². The van der Waals surface area contributed by atoms with Crippen LogP contribution in [0.1, 0.15) is 49.4 Å². The van der Waals surface area contributed by atoms with E-state index in [0.717, 1.165) is 41.8 Å². The molecule has 0 amide bonds. The number of ether oxygens (including phenoxy) is 1. The minimum absolute atomic E-state index is 0.0219. The van der Waals surface area contributed by atoms with Gasteiger partial charge in [0.2, 0.25) is 0 Å². The van der Waals surface area contributed by atoms with Crippen molar-refractivity contribution in [3.05, 3.63) is 35.7 Å². The summed E-state index contributed by atoms with van der Waals surface area (Å²) in [6.07, 6.45) is 1.97. The summed E-state index contributed by atoms with van der Waals surface area (Å²) in [4.78, 5) is 20.3. The molecule has 4 atom stereocenters. The van der Waals surface area contributed by atoms with Crippen LogP contribution in [0.15, 0.2) is 29.4 Å². The lowest BCUT2D eigenvalue weighted by Crippen LogP contribution is -2.46. The fourth-order valence-corrected chi connectivity index (χ4v) is 5.81. The number of carbonyl (C=O) groups is 1. The molecule has 0 radical (unpaired) electrons. The van der Waals surface area contributed by atoms with E-state index in [0.29, 0.717) is 11.8 Å². The van der Waals surface area contributed by atoms with Crippen molar-refractivity contribution in [2.45, 2.75) is 50.1 Å². The highest BCUT2D eigenvalue weighted by molar-refractivity contribution is 8.00. The van der Waals surface area contributed by atoms with Gasteiger partial charge in [-0.2, -0.15) is 4.68 Å². The third-order valence-corrected chi connectivity index (χ3v) is 6.82. The first-order chi connectivity index (χ1) is 13.5. The highest BCUT2D eigenvalue weighted by atomic mass is 32.2. The number of nitrogens with zero attached hydrogens (tertiary/aromatic N) is 4. The minimum atomic E-state index is -0.245. The molecule has 0 N–H and O–H groups in total. The van der Waals surface area contributed by atoms with Crippen molar-refractivity contribution in [2.24, 2.45) is 11.8 Å². The molecule has 0 aliphatic carbocycles. The standard InChI is InChI=1S/C21H28N4O2S/c1-5-17-22-21-25(23-17)20(26)19(28-21)18(15-7-6-8-16(10-15)27-4)24-11-13(2)9-14(3)12-24/h6-8,10,13-14,18-19H,5,9,11-12H2,1-4H3. The van der Waals surface area contributed by atoms with Crippen molar-refractivity contribution in [3.8, 4) is 5.75 Å². The summed E-state index contributed by atoms with van der Waals surface area (Å²) in [5, 5.41) is 4.89. The Morgan fingerprint density at radius 2 is 2.04 bits per heavy atom. The molecule has 0 bridgehead atoms. The fraction of sp³-hybridized carbons (Fsp3) is 0.571. The Bertz CT molecular complexity index is 858. The zero-order chi connectivity index (χ0) is 19.8. The smallest absolute Gasteiger partial charge is 0.264 e. The van der Waals surface area contributed by atoms with Gasteiger partial charge in [-0.25, -0.2) is 4.98 Å². The molecule has 2 aliphatic heterocycles. The minimum Gasteiger partial charge on any atom is -0.497 e. The predicted molar refractivity (Wildman–Crippen MR) is 110 cm³/mol. The van der Waals surface area contributed by atoms with E-state index in [-0.39, 0.29) is 17.2 Å². The number of benzene rings is 1. The topological polar surface area (TPSA) is 60.3 Å². The number of aromatic nitrogens is 3. The van der Waals surface area contributed by atoms with E-state index in [1.807, 2.05) is 19.1 Å². The lowest BCUT2D eigenvalue weighted by atomic mass is 9.88. The number of thioether (sulfide) groups is 1. The first kappa shape index (κ1) is 19.5. The van der Waals surface area contributed by atoms with Crippen LogP contribution in [0.25, 0.3) is 0 Å². The van der Waals surface area contributed by atoms with Crippen LogP contribution in [0.5, 0.6) is 5.75 Å². The van der Waals surface area contributed by atoms with Gasteiger partial charge in [-0.1, -0.05) is 44.7 Å². The van der Waals surface area contributed by atoms with Gasteiger partial charge in [-0.15, -0.1) is 5.10 Å². The highest BCUT2D eigenvalue weighted by Crippen LogP contribution is 2.43. The van der Waals surface area contributed by atoms with E-state index >= 15 is 0 Å². The van der Waals surface area contributed by atoms with Crippen LogP contribution >= 0.6 is 11.8 Å². The zero-order valence-corrected chi connectivity index (χ0v) is 17.8. The molecule has 4 unspecified atom stereocenters. The lowest BCUT2D eigenvalue weighted by Gasteiger charge is -2.41. The molecule has 7 heteroatoms. The molecule has 6 nitrogen and oxygen atoms in total. The average Bonchev–Trinajstić information content (AvgIpc) is 3.21. The van der Waals surface area contributed by atoms with Crippen molar-refractivity contribution in [2.75, 3.05) is 20.2 Å².